The van der Waals surface area contributed by atoms with E-state index in [1.165, 1.54) is 51.4 Å². The van der Waals surface area contributed by atoms with Crippen molar-refractivity contribution in [3.05, 3.63) is 6.92 Å². The van der Waals surface area contributed by atoms with E-state index in [1.807, 2.05) is 0 Å². The molecule has 0 aromatic heterocycles. The molecule has 0 aromatic carbocycles. The third-order valence-electron chi connectivity index (χ3n) is 3.28. The number of carboxylic acid groups (broad SMARTS) is 2. The summed E-state index contributed by atoms with van der Waals surface area (Å²) in [4.78, 5) is 20.0. The van der Waals surface area contributed by atoms with E-state index in [0.29, 0.717) is 6.61 Å². The zero-order valence-electron chi connectivity index (χ0n) is 15.9. The van der Waals surface area contributed by atoms with E-state index in [1.54, 1.807) is 0 Å². The average molecular weight is 406 g/mol. The van der Waals surface area contributed by atoms with Crippen molar-refractivity contribution in [1.29, 1.82) is 0 Å². The van der Waals surface area contributed by atoms with Crippen molar-refractivity contribution in [2.24, 2.45) is 0 Å². The Balaban J connectivity index is -0.000000393. The third-order valence-corrected chi connectivity index (χ3v) is 4.37. The molecule has 0 spiro atoms. The molecule has 0 radical (unpaired) electrons. The number of rotatable bonds is 14. The summed E-state index contributed by atoms with van der Waals surface area (Å²) >= 11 is 0. The number of carbonyl (C=O) groups is 2. The van der Waals surface area contributed by atoms with Crippen LogP contribution in [0.1, 0.15) is 64.7 Å². The van der Waals surface area contributed by atoms with E-state index in [-0.39, 0.29) is 29.6 Å². The van der Waals surface area contributed by atoms with Crippen LogP contribution in [0.2, 0.25) is 0 Å². The van der Waals surface area contributed by atoms with Gasteiger partial charge in [0.15, 0.2) is 5.25 Å². The van der Waals surface area contributed by atoms with Gasteiger partial charge in [0.05, 0.1) is 6.42 Å². The molecule has 0 aliphatic carbocycles. The standard InChI is InChI=1S/C12H25O.C4H6O7S.Na/c1-3-5-6-7-8-9-10-11-12-13-4-2;5-3(6)1-2(4(7)8)12(9,10)11;/h2-12H2,1H3;2H,1H2,(H,5,6)(H,7,8)(H,9,10,11);/q-1;;+1. The van der Waals surface area contributed by atoms with Gasteiger partial charge in [-0.15, -0.1) is 0 Å². The molecule has 0 bridgehead atoms. The van der Waals surface area contributed by atoms with Gasteiger partial charge in [0.2, 0.25) is 0 Å². The second-order valence-electron chi connectivity index (χ2n) is 5.53. The normalized spacial score (nSPS) is 11.7. The van der Waals surface area contributed by atoms with Crippen LogP contribution in [-0.4, -0.2) is 53.6 Å². The topological polar surface area (TPSA) is 138 Å². The van der Waals surface area contributed by atoms with Gasteiger partial charge in [-0.05, 0) is 6.42 Å². The van der Waals surface area contributed by atoms with Crippen molar-refractivity contribution in [2.75, 3.05) is 13.2 Å². The van der Waals surface area contributed by atoms with E-state index in [0.717, 1.165) is 6.61 Å². The molecule has 0 saturated heterocycles. The zero-order valence-corrected chi connectivity index (χ0v) is 18.7. The Morgan fingerprint density at radius 2 is 1.46 bits per heavy atom. The first-order valence-electron chi connectivity index (χ1n) is 8.44. The average Bonchev–Trinajstić information content (AvgIpc) is 2.50. The number of hydrogen-bond donors (Lipinski definition) is 3. The van der Waals surface area contributed by atoms with Crippen LogP contribution in [0.4, 0.5) is 0 Å². The Labute approximate surface area is 178 Å². The van der Waals surface area contributed by atoms with Gasteiger partial charge in [-0.2, -0.15) is 8.42 Å². The molecule has 0 fully saturated rings. The first kappa shape index (κ1) is 30.5. The molecule has 0 rings (SSSR count). The Morgan fingerprint density at radius 1 is 1.00 bits per heavy atom. The Hall–Kier alpha value is -0.190. The maximum Gasteiger partial charge on any atom is 1.00 e. The van der Waals surface area contributed by atoms with Gasteiger partial charge in [-0.3, -0.25) is 14.1 Å². The first-order chi connectivity index (χ1) is 11.7. The molecule has 0 saturated carbocycles. The fourth-order valence-corrected chi connectivity index (χ4v) is 2.53. The molecule has 10 heteroatoms. The number of unbranched alkanes of at least 4 members (excludes halogenated alkanes) is 7. The molecule has 0 heterocycles. The smallest absolute Gasteiger partial charge is 0.481 e. The van der Waals surface area contributed by atoms with Crippen LogP contribution in [0.25, 0.3) is 0 Å². The summed E-state index contributed by atoms with van der Waals surface area (Å²) in [6.07, 6.45) is 9.76. The van der Waals surface area contributed by atoms with Gasteiger partial charge in [-0.1, -0.05) is 58.5 Å². The SMILES string of the molecule is O=C(O)CC(C(=O)O)S(=O)(=O)O.[CH2-]COCCCCCCCCCC.[Na+]. The van der Waals surface area contributed by atoms with Crippen molar-refractivity contribution in [3.8, 4) is 0 Å². The summed E-state index contributed by atoms with van der Waals surface area (Å²) in [6.45, 7) is 7.41. The third kappa shape index (κ3) is 21.9. The first-order valence-corrected chi connectivity index (χ1v) is 9.95. The number of ether oxygens (including phenoxy) is 1. The largest absolute Gasteiger partial charge is 1.00 e. The van der Waals surface area contributed by atoms with Gasteiger partial charge < -0.3 is 21.9 Å². The molecule has 1 atom stereocenters. The molecular formula is C16H31NaO8S. The summed E-state index contributed by atoms with van der Waals surface area (Å²) in [6, 6.07) is 0. The monoisotopic (exact) mass is 406 g/mol. The molecule has 1 unspecified atom stereocenters. The van der Waals surface area contributed by atoms with E-state index in [4.69, 9.17) is 19.5 Å². The van der Waals surface area contributed by atoms with E-state index in [2.05, 4.69) is 13.8 Å². The zero-order chi connectivity index (χ0) is 19.7. The Bertz CT molecular complexity index is 443. The molecule has 150 valence electrons. The fourth-order valence-electron chi connectivity index (χ4n) is 1.92. The van der Waals surface area contributed by atoms with Gasteiger partial charge in [0.25, 0.3) is 10.1 Å². The van der Waals surface area contributed by atoms with Gasteiger partial charge in [-0.25, -0.2) is 0 Å². The molecule has 26 heavy (non-hydrogen) atoms. The summed E-state index contributed by atoms with van der Waals surface area (Å²) in [5.74, 6) is -3.50. The van der Waals surface area contributed by atoms with Crippen molar-refractivity contribution < 1.29 is 67.1 Å². The number of hydrogen-bond acceptors (Lipinski definition) is 5. The van der Waals surface area contributed by atoms with Crippen LogP contribution in [-0.2, 0) is 24.4 Å². The molecule has 0 amide bonds. The molecule has 0 aliphatic rings. The van der Waals surface area contributed by atoms with Gasteiger partial charge in [0.1, 0.15) is 0 Å². The molecule has 0 aromatic rings. The number of aliphatic carboxylic acids is 2. The quantitative estimate of drug-likeness (QED) is 0.156. The maximum absolute atomic E-state index is 10.2. The van der Waals surface area contributed by atoms with Gasteiger partial charge >= 0.3 is 41.5 Å². The molecular weight excluding hydrogens is 375 g/mol. The Morgan fingerprint density at radius 3 is 1.77 bits per heavy atom. The molecule has 3 N–H and O–H groups in total. The molecule has 8 nitrogen and oxygen atoms in total. The summed E-state index contributed by atoms with van der Waals surface area (Å²) in [5, 5.41) is 13.9. The van der Waals surface area contributed by atoms with E-state index in [9.17, 15) is 18.0 Å². The van der Waals surface area contributed by atoms with Crippen LogP contribution < -0.4 is 29.6 Å². The predicted molar refractivity (Wildman–Crippen MR) is 94.0 cm³/mol. The van der Waals surface area contributed by atoms with Crippen LogP contribution >= 0.6 is 0 Å². The number of carboxylic acids is 2. The van der Waals surface area contributed by atoms with E-state index < -0.39 is 33.7 Å². The van der Waals surface area contributed by atoms with Crippen LogP contribution in [0.3, 0.4) is 0 Å². The van der Waals surface area contributed by atoms with Crippen molar-refractivity contribution >= 4 is 22.1 Å². The van der Waals surface area contributed by atoms with Crippen molar-refractivity contribution in [3.63, 3.8) is 0 Å². The summed E-state index contributed by atoms with van der Waals surface area (Å²) < 4.78 is 33.8. The predicted octanol–water partition coefficient (Wildman–Crippen LogP) is -0.216. The summed E-state index contributed by atoms with van der Waals surface area (Å²) in [5.41, 5.74) is 0. The van der Waals surface area contributed by atoms with Crippen molar-refractivity contribution in [2.45, 2.75) is 70.0 Å². The minimum Gasteiger partial charge on any atom is -0.481 e. The van der Waals surface area contributed by atoms with E-state index >= 15 is 0 Å². The Kier molecular flexibility index (Phi) is 23.0. The van der Waals surface area contributed by atoms with Crippen LogP contribution in [0, 0.1) is 6.92 Å². The van der Waals surface area contributed by atoms with Crippen LogP contribution in [0.15, 0.2) is 0 Å². The van der Waals surface area contributed by atoms with Crippen molar-refractivity contribution in [1.82, 2.24) is 0 Å². The van der Waals surface area contributed by atoms with Crippen LogP contribution in [0.5, 0.6) is 0 Å². The second kappa shape index (κ2) is 19.6. The van der Waals surface area contributed by atoms with Gasteiger partial charge in [0, 0.05) is 6.61 Å². The minimum absolute atomic E-state index is 0. The second-order valence-corrected chi connectivity index (χ2v) is 7.13. The maximum atomic E-state index is 10.2. The fraction of sp³-hybridized carbons (Fsp3) is 0.812. The minimum atomic E-state index is -4.84. The molecule has 0 aliphatic heterocycles. The summed E-state index contributed by atoms with van der Waals surface area (Å²) in [7, 11) is -4.84.